The molecule has 0 radical (unpaired) electrons. The lowest BCUT2D eigenvalue weighted by molar-refractivity contribution is -0.123. The third kappa shape index (κ3) is 30.4. The minimum absolute atomic E-state index is 0.0253. The molecule has 3 rings (SSSR count). The van der Waals surface area contributed by atoms with Crippen LogP contribution >= 0.6 is 11.8 Å². The van der Waals surface area contributed by atoms with Crippen LogP contribution in [0.4, 0.5) is 9.59 Å². The smallest absolute Gasteiger partial charge is 0.407 e. The topological polar surface area (TPSA) is 272 Å². The van der Waals surface area contributed by atoms with Crippen LogP contribution in [0.1, 0.15) is 58.6 Å². The molecule has 2 aliphatic rings. The van der Waals surface area contributed by atoms with Crippen LogP contribution in [0.2, 0.25) is 0 Å². The highest BCUT2D eigenvalue weighted by atomic mass is 32.2. The first-order valence-electron chi connectivity index (χ1n) is 24.5. The van der Waals surface area contributed by atoms with Gasteiger partial charge in [-0.1, -0.05) is 11.6 Å². The van der Waals surface area contributed by atoms with Crippen molar-refractivity contribution in [2.45, 2.75) is 88.9 Å². The molecular weight excluding hydrogens is 941 g/mol. The summed E-state index contributed by atoms with van der Waals surface area (Å²) in [6, 6.07) is 0.366. The van der Waals surface area contributed by atoms with E-state index in [1.54, 1.807) is 4.68 Å². The lowest BCUT2D eigenvalue weighted by Gasteiger charge is -2.32. The van der Waals surface area contributed by atoms with Gasteiger partial charge in [-0.2, -0.15) is 11.8 Å². The van der Waals surface area contributed by atoms with Gasteiger partial charge in [-0.15, -0.1) is 5.10 Å². The maximum atomic E-state index is 12.2. The maximum Gasteiger partial charge on any atom is 0.407 e. The van der Waals surface area contributed by atoms with Gasteiger partial charge in [-0.05, 0) is 33.6 Å². The summed E-state index contributed by atoms with van der Waals surface area (Å²) in [5.41, 5.74) is 0.231. The standard InChI is InChI=1S/C45H82N8O16S/c1-45(2,3)53(44(57)58)12-17-62-20-23-65-26-29-66-28-25-64-22-19-61-15-10-47-41(55)8-13-59-18-21-63-24-27-67-30-31-68-32-33-69-35-37-34-52(51-50-37)11-16-60-14-9-46-40(54)7-5-4-6-39-42-38(36-70-39)48-43(56)49-42/h34,38-39,42H,4-33,35-36H2,1-3H3,(H,46,54)(H,47,55)(H,57,58)(H2,48,49,56)/t38-,39-,42-/m0/s1. The molecule has 24 nitrogen and oxygen atoms in total. The van der Waals surface area contributed by atoms with Crippen molar-refractivity contribution in [3.63, 3.8) is 0 Å². The molecule has 2 fully saturated rings. The van der Waals surface area contributed by atoms with Gasteiger partial charge in [0.05, 0.1) is 170 Å². The van der Waals surface area contributed by atoms with Crippen molar-refractivity contribution in [2.24, 2.45) is 0 Å². The van der Waals surface area contributed by atoms with Gasteiger partial charge in [0.1, 0.15) is 5.69 Å². The minimum Gasteiger partial charge on any atom is -0.465 e. The average Bonchev–Trinajstić information content (AvgIpc) is 4.05. The molecule has 5 amide bonds. The number of thioether (sulfide) groups is 1. The van der Waals surface area contributed by atoms with Crippen molar-refractivity contribution in [3.8, 4) is 0 Å². The first-order valence-corrected chi connectivity index (χ1v) is 25.5. The zero-order chi connectivity index (χ0) is 50.3. The zero-order valence-electron chi connectivity index (χ0n) is 41.7. The van der Waals surface area contributed by atoms with Crippen molar-refractivity contribution in [1.82, 2.24) is 41.2 Å². The number of nitrogens with one attached hydrogen (secondary N) is 4. The Labute approximate surface area is 417 Å². The summed E-state index contributed by atoms with van der Waals surface area (Å²) in [6.45, 7) is 16.0. The van der Waals surface area contributed by atoms with Gasteiger partial charge in [0, 0.05) is 49.0 Å². The van der Waals surface area contributed by atoms with Crippen LogP contribution < -0.4 is 21.3 Å². The van der Waals surface area contributed by atoms with E-state index in [1.165, 1.54) is 4.90 Å². The molecule has 0 bridgehead atoms. The molecule has 3 heterocycles. The van der Waals surface area contributed by atoms with E-state index in [0.717, 1.165) is 25.0 Å². The average molecular weight is 1020 g/mol. The summed E-state index contributed by atoms with van der Waals surface area (Å²) in [5.74, 6) is 0.857. The second kappa shape index (κ2) is 39.1. The van der Waals surface area contributed by atoms with Crippen LogP contribution in [0.25, 0.3) is 0 Å². The second-order valence-corrected chi connectivity index (χ2v) is 18.3. The summed E-state index contributed by atoms with van der Waals surface area (Å²) in [5, 5.41) is 29.6. The van der Waals surface area contributed by atoms with Crippen molar-refractivity contribution >= 4 is 35.7 Å². The van der Waals surface area contributed by atoms with E-state index in [1.807, 2.05) is 38.7 Å². The summed E-state index contributed by atoms with van der Waals surface area (Å²) >= 11 is 1.89. The number of hydrogen-bond acceptors (Lipinski definition) is 18. The fourth-order valence-electron chi connectivity index (χ4n) is 6.83. The number of nitrogens with zero attached hydrogens (tertiary/aromatic N) is 4. The van der Waals surface area contributed by atoms with Gasteiger partial charge in [0.15, 0.2) is 0 Å². The summed E-state index contributed by atoms with van der Waals surface area (Å²) in [7, 11) is 0. The second-order valence-electron chi connectivity index (χ2n) is 17.1. The van der Waals surface area contributed by atoms with Crippen LogP contribution in [0, 0.1) is 0 Å². The van der Waals surface area contributed by atoms with Gasteiger partial charge < -0.3 is 83.4 Å². The maximum absolute atomic E-state index is 12.2. The fourth-order valence-corrected chi connectivity index (χ4v) is 8.37. The molecule has 5 N–H and O–H groups in total. The van der Waals surface area contributed by atoms with E-state index in [0.29, 0.717) is 189 Å². The number of aromatic nitrogens is 3. The molecule has 70 heavy (non-hydrogen) atoms. The van der Waals surface area contributed by atoms with E-state index in [4.69, 9.17) is 52.1 Å². The van der Waals surface area contributed by atoms with Gasteiger partial charge in [0.25, 0.3) is 0 Å². The van der Waals surface area contributed by atoms with Crippen molar-refractivity contribution in [3.05, 3.63) is 11.9 Å². The molecule has 0 unspecified atom stereocenters. The van der Waals surface area contributed by atoms with E-state index in [-0.39, 0.29) is 36.3 Å². The molecule has 2 aliphatic heterocycles. The first kappa shape index (κ1) is 60.8. The molecule has 2 saturated heterocycles. The van der Waals surface area contributed by atoms with E-state index in [2.05, 4.69) is 31.6 Å². The fraction of sp³-hybridized carbons (Fsp3) is 0.867. The van der Waals surface area contributed by atoms with Gasteiger partial charge >= 0.3 is 12.1 Å². The minimum atomic E-state index is -0.966. The van der Waals surface area contributed by atoms with Crippen molar-refractivity contribution in [1.29, 1.82) is 0 Å². The molecular formula is C45H82N8O16S. The van der Waals surface area contributed by atoms with Gasteiger partial charge in [0.2, 0.25) is 11.8 Å². The predicted octanol–water partition coefficient (Wildman–Crippen LogP) is 1.09. The molecule has 0 saturated carbocycles. The summed E-state index contributed by atoms with van der Waals surface area (Å²) < 4.78 is 62.3. The number of carbonyl (C=O) groups excluding carboxylic acids is 3. The summed E-state index contributed by atoms with van der Waals surface area (Å²) in [6.07, 6.45) is 4.36. The number of unbranched alkanes of at least 4 members (excludes halogenated alkanes) is 1. The highest BCUT2D eigenvalue weighted by Crippen LogP contribution is 2.33. The van der Waals surface area contributed by atoms with Crippen LogP contribution in [0.15, 0.2) is 6.20 Å². The Hall–Kier alpha value is -3.47. The van der Waals surface area contributed by atoms with Crippen LogP contribution in [0.5, 0.6) is 0 Å². The third-order valence-corrected chi connectivity index (χ3v) is 12.0. The number of ether oxygens (including phenoxy) is 11. The van der Waals surface area contributed by atoms with Gasteiger partial charge in [-0.25, -0.2) is 14.3 Å². The lowest BCUT2D eigenvalue weighted by Crippen LogP contribution is -2.46. The lowest BCUT2D eigenvalue weighted by atomic mass is 10.0. The Bertz CT molecular complexity index is 1530. The first-order chi connectivity index (χ1) is 34.0. The Balaban J connectivity index is 0.942. The van der Waals surface area contributed by atoms with Crippen LogP contribution in [-0.4, -0.2) is 236 Å². The number of carbonyl (C=O) groups is 4. The zero-order valence-corrected chi connectivity index (χ0v) is 42.5. The Kier molecular flexibility index (Phi) is 34.0. The number of fused-ring (bicyclic) bond motifs is 1. The number of amides is 5. The number of urea groups is 1. The molecule has 404 valence electrons. The Morgan fingerprint density at radius 2 is 1.16 bits per heavy atom. The molecule has 0 aromatic carbocycles. The largest absolute Gasteiger partial charge is 0.465 e. The highest BCUT2D eigenvalue weighted by Gasteiger charge is 2.42. The van der Waals surface area contributed by atoms with Gasteiger partial charge in [-0.3, -0.25) is 9.59 Å². The van der Waals surface area contributed by atoms with Crippen molar-refractivity contribution < 1.29 is 76.4 Å². The number of rotatable bonds is 46. The Morgan fingerprint density at radius 3 is 1.70 bits per heavy atom. The predicted molar refractivity (Wildman–Crippen MR) is 257 cm³/mol. The molecule has 3 atom stereocenters. The van der Waals surface area contributed by atoms with E-state index in [9.17, 15) is 24.3 Å². The number of carboxylic acid groups (broad SMARTS) is 1. The molecule has 0 aliphatic carbocycles. The van der Waals surface area contributed by atoms with Crippen LogP contribution in [-0.2, 0) is 74.8 Å². The highest BCUT2D eigenvalue weighted by molar-refractivity contribution is 8.00. The summed E-state index contributed by atoms with van der Waals surface area (Å²) in [4.78, 5) is 48.3. The SMILES string of the molecule is CC(C)(C)N(CCOCCOCCOCCOCCOCCNC(=O)CCOCCOCCOCCOCCOCc1cn(CCOCCNC(=O)CCCC[C@@H]2SC[C@@H]3NC(=O)N[C@@H]32)nn1)C(=O)O. The molecule has 0 spiro atoms. The van der Waals surface area contributed by atoms with Crippen LogP contribution in [0.3, 0.4) is 0 Å². The normalized spacial score (nSPS) is 16.6. The monoisotopic (exact) mass is 1020 g/mol. The molecule has 1 aromatic heterocycles. The Morgan fingerprint density at radius 1 is 0.671 bits per heavy atom. The van der Waals surface area contributed by atoms with E-state index < -0.39 is 11.6 Å². The molecule has 25 heteroatoms. The molecule has 1 aromatic rings. The quantitative estimate of drug-likeness (QED) is 0.0452. The van der Waals surface area contributed by atoms with Crippen molar-refractivity contribution in [2.75, 3.05) is 164 Å². The third-order valence-electron chi connectivity index (χ3n) is 10.5. The number of hydrogen-bond donors (Lipinski definition) is 5. The van der Waals surface area contributed by atoms with E-state index >= 15 is 0 Å².